The van der Waals surface area contributed by atoms with Crippen LogP contribution in [0.5, 0.6) is 0 Å². The normalized spacial score (nSPS) is 12.4. The molecule has 2 aromatic heterocycles. The molecule has 0 aliphatic heterocycles. The van der Waals surface area contributed by atoms with Crippen LogP contribution in [0.1, 0.15) is 28.5 Å². The van der Waals surface area contributed by atoms with E-state index in [2.05, 4.69) is 15.3 Å². The fourth-order valence-electron chi connectivity index (χ4n) is 2.06. The molecule has 2 heterocycles. The summed E-state index contributed by atoms with van der Waals surface area (Å²) < 4.78 is 0. The number of carbonyl (C=O) groups excluding carboxylic acids is 1. The van der Waals surface area contributed by atoms with Gasteiger partial charge >= 0.3 is 0 Å². The van der Waals surface area contributed by atoms with Gasteiger partial charge in [-0.05, 0) is 31.2 Å². The molecule has 1 atom stereocenters. The Hall–Kier alpha value is -2.34. The smallest absolute Gasteiger partial charge is 0.268 e. The number of amides is 1. The molecule has 0 spiro atoms. The number of nitrogens with zero attached hydrogens (tertiary/aromatic N) is 1. The number of aromatic amines is 1. The summed E-state index contributed by atoms with van der Waals surface area (Å²) >= 11 is 1.52. The van der Waals surface area contributed by atoms with Gasteiger partial charge in [-0.3, -0.25) is 4.79 Å². The van der Waals surface area contributed by atoms with Crippen LogP contribution in [0.15, 0.2) is 35.8 Å². The van der Waals surface area contributed by atoms with Gasteiger partial charge in [-0.2, -0.15) is 0 Å². The largest absolute Gasteiger partial charge is 0.399 e. The van der Waals surface area contributed by atoms with Crippen LogP contribution in [0.3, 0.4) is 0 Å². The lowest BCUT2D eigenvalue weighted by Crippen LogP contribution is -2.26. The van der Waals surface area contributed by atoms with E-state index in [1.54, 1.807) is 18.3 Å². The van der Waals surface area contributed by atoms with Crippen LogP contribution in [0, 0.1) is 0 Å². The zero-order valence-corrected chi connectivity index (χ0v) is 11.7. The minimum Gasteiger partial charge on any atom is -0.399 e. The summed E-state index contributed by atoms with van der Waals surface area (Å²) in [5, 5.41) is 6.63. The van der Waals surface area contributed by atoms with Crippen LogP contribution in [0.4, 0.5) is 5.69 Å². The Kier molecular flexibility index (Phi) is 3.15. The summed E-state index contributed by atoms with van der Waals surface area (Å²) in [5.74, 6) is -0.150. The zero-order chi connectivity index (χ0) is 14.1. The molecule has 6 heteroatoms. The fourth-order valence-corrected chi connectivity index (χ4v) is 2.70. The molecule has 102 valence electrons. The minimum absolute atomic E-state index is 0.112. The first-order valence-corrected chi connectivity index (χ1v) is 7.10. The Labute approximate surface area is 119 Å². The summed E-state index contributed by atoms with van der Waals surface area (Å²) in [7, 11) is 0. The van der Waals surface area contributed by atoms with E-state index in [0.717, 1.165) is 15.9 Å². The van der Waals surface area contributed by atoms with Gasteiger partial charge in [0.2, 0.25) is 0 Å². The van der Waals surface area contributed by atoms with Gasteiger partial charge in [-0.25, -0.2) is 4.98 Å². The highest BCUT2D eigenvalue weighted by molar-refractivity contribution is 7.09. The van der Waals surface area contributed by atoms with Gasteiger partial charge in [0.25, 0.3) is 5.91 Å². The number of rotatable bonds is 3. The number of hydrogen-bond acceptors (Lipinski definition) is 4. The second kappa shape index (κ2) is 4.97. The molecule has 3 aromatic rings. The first-order valence-electron chi connectivity index (χ1n) is 6.22. The number of anilines is 1. The Morgan fingerprint density at radius 3 is 3.05 bits per heavy atom. The molecule has 0 fully saturated rings. The first kappa shape index (κ1) is 12.7. The molecule has 0 saturated heterocycles. The molecule has 0 bridgehead atoms. The molecule has 0 aliphatic rings. The third-order valence-corrected chi connectivity index (χ3v) is 4.02. The number of hydrogen-bond donors (Lipinski definition) is 3. The Morgan fingerprint density at radius 2 is 2.30 bits per heavy atom. The van der Waals surface area contributed by atoms with Crippen molar-refractivity contribution in [1.29, 1.82) is 0 Å². The van der Waals surface area contributed by atoms with Crippen LogP contribution in [0.2, 0.25) is 0 Å². The van der Waals surface area contributed by atoms with Crippen molar-refractivity contribution in [3.05, 3.63) is 46.5 Å². The number of benzene rings is 1. The maximum atomic E-state index is 12.2. The molecule has 1 amide bonds. The number of nitrogens with two attached hydrogens (primary N) is 1. The molecule has 0 aliphatic carbocycles. The van der Waals surface area contributed by atoms with Gasteiger partial charge in [-0.1, -0.05) is 0 Å². The summed E-state index contributed by atoms with van der Waals surface area (Å²) in [6.45, 7) is 1.91. The molecular formula is C14H14N4OS. The Morgan fingerprint density at radius 1 is 1.45 bits per heavy atom. The van der Waals surface area contributed by atoms with Gasteiger partial charge in [0.15, 0.2) is 0 Å². The number of thiazole rings is 1. The average molecular weight is 286 g/mol. The van der Waals surface area contributed by atoms with Crippen LogP contribution in [-0.2, 0) is 0 Å². The predicted molar refractivity (Wildman–Crippen MR) is 80.7 cm³/mol. The third kappa shape index (κ3) is 2.37. The predicted octanol–water partition coefficient (Wildman–Crippen LogP) is 2.70. The lowest BCUT2D eigenvalue weighted by atomic mass is 10.2. The van der Waals surface area contributed by atoms with Gasteiger partial charge in [0, 0.05) is 28.2 Å². The van der Waals surface area contributed by atoms with E-state index in [-0.39, 0.29) is 11.9 Å². The van der Waals surface area contributed by atoms with Crippen molar-refractivity contribution < 1.29 is 4.79 Å². The molecule has 1 unspecified atom stereocenters. The average Bonchev–Trinajstić information content (AvgIpc) is 3.07. The van der Waals surface area contributed by atoms with Crippen LogP contribution in [-0.4, -0.2) is 15.9 Å². The van der Waals surface area contributed by atoms with Crippen LogP contribution in [0.25, 0.3) is 10.9 Å². The number of H-pyrrole nitrogens is 1. The molecule has 0 saturated carbocycles. The molecule has 0 radical (unpaired) electrons. The van der Waals surface area contributed by atoms with E-state index in [1.807, 2.05) is 24.4 Å². The fraction of sp³-hybridized carbons (Fsp3) is 0.143. The van der Waals surface area contributed by atoms with Gasteiger partial charge in [0.05, 0.1) is 6.04 Å². The van der Waals surface area contributed by atoms with Crippen molar-refractivity contribution >= 4 is 33.8 Å². The molecular weight excluding hydrogens is 272 g/mol. The third-order valence-electron chi connectivity index (χ3n) is 3.06. The quantitative estimate of drug-likeness (QED) is 0.647. The standard InChI is InChI=1S/C14H14N4OS/c1-8(14-16-4-5-20-14)17-13(19)12-7-9-6-10(15)2-3-11(9)18-12/h2-8,18H,15H2,1H3,(H,17,19). The number of nitrogens with one attached hydrogen (secondary N) is 2. The van der Waals surface area contributed by atoms with Gasteiger partial charge < -0.3 is 16.0 Å². The summed E-state index contributed by atoms with van der Waals surface area (Å²) in [5.41, 5.74) is 7.83. The number of fused-ring (bicyclic) bond motifs is 1. The SMILES string of the molecule is CC(NC(=O)c1cc2cc(N)ccc2[nH]1)c1nccs1. The highest BCUT2D eigenvalue weighted by Gasteiger charge is 2.15. The maximum Gasteiger partial charge on any atom is 0.268 e. The van der Waals surface area contributed by atoms with E-state index < -0.39 is 0 Å². The van der Waals surface area contributed by atoms with Crippen molar-refractivity contribution in [3.8, 4) is 0 Å². The topological polar surface area (TPSA) is 83.8 Å². The summed E-state index contributed by atoms with van der Waals surface area (Å²) in [6.07, 6.45) is 1.73. The first-order chi connectivity index (χ1) is 9.63. The molecule has 5 nitrogen and oxygen atoms in total. The molecule has 1 aromatic carbocycles. The lowest BCUT2D eigenvalue weighted by molar-refractivity contribution is 0.0935. The minimum atomic E-state index is -0.150. The van der Waals surface area contributed by atoms with E-state index in [9.17, 15) is 4.79 Å². The number of aromatic nitrogens is 2. The van der Waals surface area contributed by atoms with Crippen molar-refractivity contribution in [2.24, 2.45) is 0 Å². The van der Waals surface area contributed by atoms with Crippen molar-refractivity contribution in [1.82, 2.24) is 15.3 Å². The molecule has 20 heavy (non-hydrogen) atoms. The maximum absolute atomic E-state index is 12.2. The lowest BCUT2D eigenvalue weighted by Gasteiger charge is -2.09. The zero-order valence-electron chi connectivity index (χ0n) is 10.9. The summed E-state index contributed by atoms with van der Waals surface area (Å²) in [4.78, 5) is 19.5. The molecule has 3 rings (SSSR count). The summed E-state index contributed by atoms with van der Waals surface area (Å²) in [6, 6.07) is 7.20. The van der Waals surface area contributed by atoms with E-state index >= 15 is 0 Å². The van der Waals surface area contributed by atoms with E-state index in [0.29, 0.717) is 11.4 Å². The second-order valence-corrected chi connectivity index (χ2v) is 5.52. The second-order valence-electron chi connectivity index (χ2n) is 4.60. The van der Waals surface area contributed by atoms with Crippen molar-refractivity contribution in [3.63, 3.8) is 0 Å². The van der Waals surface area contributed by atoms with Gasteiger partial charge in [0.1, 0.15) is 10.7 Å². The van der Waals surface area contributed by atoms with Crippen molar-refractivity contribution in [2.75, 3.05) is 5.73 Å². The Bertz CT molecular complexity index is 748. The van der Waals surface area contributed by atoms with Crippen LogP contribution < -0.4 is 11.1 Å². The number of nitrogen functional groups attached to an aromatic ring is 1. The van der Waals surface area contributed by atoms with Crippen LogP contribution >= 0.6 is 11.3 Å². The van der Waals surface area contributed by atoms with Gasteiger partial charge in [-0.15, -0.1) is 11.3 Å². The number of carbonyl (C=O) groups is 1. The molecule has 4 N–H and O–H groups in total. The highest BCUT2D eigenvalue weighted by Crippen LogP contribution is 2.20. The highest BCUT2D eigenvalue weighted by atomic mass is 32.1. The van der Waals surface area contributed by atoms with Crippen molar-refractivity contribution in [2.45, 2.75) is 13.0 Å². The monoisotopic (exact) mass is 286 g/mol. The van der Waals surface area contributed by atoms with E-state index in [4.69, 9.17) is 5.73 Å². The van der Waals surface area contributed by atoms with E-state index in [1.165, 1.54) is 11.3 Å². The Balaban J connectivity index is 1.82.